The van der Waals surface area contributed by atoms with Crippen molar-refractivity contribution in [2.75, 3.05) is 24.4 Å². The largest absolute Gasteiger partial charge is 0.497 e. The molecule has 0 atom stereocenters. The highest BCUT2D eigenvalue weighted by atomic mass is 32.2. The standard InChI is InChI=1S/C22H23N3O4S/c1-16-4-12-21(13-5-16)30(26,27)25-19-9-7-18(8-10-19)24-23-15-17-6-11-20(28-2)14-22(17)29-3/h4-15,24-25H,1-3H3. The summed E-state index contributed by atoms with van der Waals surface area (Å²) in [5.41, 5.74) is 5.85. The Labute approximate surface area is 176 Å². The van der Waals surface area contributed by atoms with Crippen LogP contribution in [0.15, 0.2) is 76.7 Å². The molecule has 0 spiro atoms. The molecule has 0 saturated heterocycles. The molecule has 30 heavy (non-hydrogen) atoms. The van der Waals surface area contributed by atoms with E-state index in [2.05, 4.69) is 15.2 Å². The summed E-state index contributed by atoms with van der Waals surface area (Å²) >= 11 is 0. The van der Waals surface area contributed by atoms with Gasteiger partial charge in [0.2, 0.25) is 0 Å². The Morgan fingerprint density at radius 1 is 0.867 bits per heavy atom. The van der Waals surface area contributed by atoms with Gasteiger partial charge in [-0.2, -0.15) is 5.10 Å². The molecule has 3 aromatic carbocycles. The summed E-state index contributed by atoms with van der Waals surface area (Å²) in [5, 5.41) is 4.20. The number of hydrogen-bond acceptors (Lipinski definition) is 6. The molecule has 3 aromatic rings. The maximum absolute atomic E-state index is 12.5. The summed E-state index contributed by atoms with van der Waals surface area (Å²) in [7, 11) is -0.462. The maximum atomic E-state index is 12.5. The lowest BCUT2D eigenvalue weighted by atomic mass is 10.2. The monoisotopic (exact) mass is 425 g/mol. The predicted octanol–water partition coefficient (Wildman–Crippen LogP) is 4.26. The lowest BCUT2D eigenvalue weighted by Crippen LogP contribution is -2.12. The van der Waals surface area contributed by atoms with Crippen LogP contribution in [-0.4, -0.2) is 28.9 Å². The molecule has 0 unspecified atom stereocenters. The molecule has 0 aliphatic heterocycles. The summed E-state index contributed by atoms with van der Waals surface area (Å²) in [6.45, 7) is 1.91. The van der Waals surface area contributed by atoms with E-state index < -0.39 is 10.0 Å². The molecule has 2 N–H and O–H groups in total. The molecule has 0 amide bonds. The Hall–Kier alpha value is -3.52. The van der Waals surface area contributed by atoms with E-state index in [0.717, 1.165) is 11.1 Å². The molecular weight excluding hydrogens is 402 g/mol. The van der Waals surface area contributed by atoms with E-state index in [-0.39, 0.29) is 4.90 Å². The third-order valence-corrected chi connectivity index (χ3v) is 5.70. The fourth-order valence-corrected chi connectivity index (χ4v) is 3.70. The van der Waals surface area contributed by atoms with E-state index in [4.69, 9.17) is 9.47 Å². The second-order valence-electron chi connectivity index (χ2n) is 6.47. The van der Waals surface area contributed by atoms with E-state index in [9.17, 15) is 8.42 Å². The number of nitrogens with zero attached hydrogens (tertiary/aromatic N) is 1. The van der Waals surface area contributed by atoms with Crippen molar-refractivity contribution in [2.24, 2.45) is 5.10 Å². The Morgan fingerprint density at radius 2 is 1.53 bits per heavy atom. The lowest BCUT2D eigenvalue weighted by Gasteiger charge is -2.09. The minimum Gasteiger partial charge on any atom is -0.497 e. The third-order valence-electron chi connectivity index (χ3n) is 4.31. The molecule has 0 aliphatic carbocycles. The van der Waals surface area contributed by atoms with Gasteiger partial charge in [0.05, 0.1) is 31.0 Å². The van der Waals surface area contributed by atoms with Gasteiger partial charge in [0.25, 0.3) is 10.0 Å². The van der Waals surface area contributed by atoms with Crippen LogP contribution in [0.4, 0.5) is 11.4 Å². The fourth-order valence-electron chi connectivity index (χ4n) is 2.65. The second-order valence-corrected chi connectivity index (χ2v) is 8.16. The third kappa shape index (κ3) is 5.30. The first kappa shape index (κ1) is 21.2. The van der Waals surface area contributed by atoms with Gasteiger partial charge >= 0.3 is 0 Å². The zero-order chi connectivity index (χ0) is 21.6. The van der Waals surface area contributed by atoms with Gasteiger partial charge in [-0.05, 0) is 55.5 Å². The first-order valence-corrected chi connectivity index (χ1v) is 10.6. The molecule has 0 radical (unpaired) electrons. The molecule has 8 heteroatoms. The SMILES string of the molecule is COc1ccc(C=NNc2ccc(NS(=O)(=O)c3ccc(C)cc3)cc2)c(OC)c1. The zero-order valence-corrected chi connectivity index (χ0v) is 17.7. The number of nitrogens with one attached hydrogen (secondary N) is 2. The molecule has 0 saturated carbocycles. The minimum absolute atomic E-state index is 0.216. The summed E-state index contributed by atoms with van der Waals surface area (Å²) in [6.07, 6.45) is 1.63. The maximum Gasteiger partial charge on any atom is 0.261 e. The molecule has 0 heterocycles. The van der Waals surface area contributed by atoms with Crippen LogP contribution < -0.4 is 19.6 Å². The van der Waals surface area contributed by atoms with Crippen LogP contribution in [0.3, 0.4) is 0 Å². The quantitative estimate of drug-likeness (QED) is 0.416. The molecule has 3 rings (SSSR count). The Kier molecular flexibility index (Phi) is 6.58. The van der Waals surface area contributed by atoms with Crippen molar-refractivity contribution in [1.82, 2.24) is 0 Å². The number of anilines is 2. The number of benzene rings is 3. The summed E-state index contributed by atoms with van der Waals surface area (Å²) in [4.78, 5) is 0.216. The van der Waals surface area contributed by atoms with Gasteiger partial charge in [-0.25, -0.2) is 8.42 Å². The first-order chi connectivity index (χ1) is 14.4. The van der Waals surface area contributed by atoms with Crippen molar-refractivity contribution in [3.8, 4) is 11.5 Å². The topological polar surface area (TPSA) is 89.0 Å². The van der Waals surface area contributed by atoms with Crippen LogP contribution in [0, 0.1) is 6.92 Å². The Morgan fingerprint density at radius 3 is 2.17 bits per heavy atom. The molecule has 0 aromatic heterocycles. The van der Waals surface area contributed by atoms with Gasteiger partial charge in [-0.1, -0.05) is 17.7 Å². The number of hydrazone groups is 1. The zero-order valence-electron chi connectivity index (χ0n) is 16.9. The summed E-state index contributed by atoms with van der Waals surface area (Å²) in [5.74, 6) is 1.33. The fraction of sp³-hybridized carbons (Fsp3) is 0.136. The van der Waals surface area contributed by atoms with E-state index in [1.165, 1.54) is 0 Å². The number of hydrogen-bond donors (Lipinski definition) is 2. The van der Waals surface area contributed by atoms with Gasteiger partial charge in [0, 0.05) is 17.3 Å². The molecule has 0 fully saturated rings. The van der Waals surface area contributed by atoms with Crippen molar-refractivity contribution in [3.63, 3.8) is 0 Å². The highest BCUT2D eigenvalue weighted by Gasteiger charge is 2.13. The highest BCUT2D eigenvalue weighted by molar-refractivity contribution is 7.92. The van der Waals surface area contributed by atoms with Gasteiger partial charge in [0.1, 0.15) is 11.5 Å². The number of rotatable bonds is 8. The predicted molar refractivity (Wildman–Crippen MR) is 119 cm³/mol. The van der Waals surface area contributed by atoms with Crippen LogP contribution in [0.5, 0.6) is 11.5 Å². The van der Waals surface area contributed by atoms with E-state index in [1.807, 2.05) is 19.1 Å². The number of methoxy groups -OCH3 is 2. The molecule has 0 bridgehead atoms. The average molecular weight is 426 g/mol. The first-order valence-electron chi connectivity index (χ1n) is 9.12. The lowest BCUT2D eigenvalue weighted by molar-refractivity contribution is 0.394. The van der Waals surface area contributed by atoms with Crippen LogP contribution in [0.1, 0.15) is 11.1 Å². The number of ether oxygens (including phenoxy) is 2. The van der Waals surface area contributed by atoms with Crippen molar-refractivity contribution >= 4 is 27.6 Å². The van der Waals surface area contributed by atoms with Gasteiger partial charge in [-0.3, -0.25) is 10.1 Å². The molecule has 7 nitrogen and oxygen atoms in total. The summed E-state index contributed by atoms with van der Waals surface area (Å²) < 4.78 is 38.0. The number of sulfonamides is 1. The highest BCUT2D eigenvalue weighted by Crippen LogP contribution is 2.23. The Balaban J connectivity index is 1.65. The summed E-state index contributed by atoms with van der Waals surface area (Å²) in [6, 6.07) is 18.9. The number of aryl methyl sites for hydroxylation is 1. The van der Waals surface area contributed by atoms with Crippen LogP contribution >= 0.6 is 0 Å². The van der Waals surface area contributed by atoms with Crippen LogP contribution in [0.2, 0.25) is 0 Å². The van der Waals surface area contributed by atoms with E-state index >= 15 is 0 Å². The molecule has 156 valence electrons. The van der Waals surface area contributed by atoms with Crippen LogP contribution in [-0.2, 0) is 10.0 Å². The van der Waals surface area contributed by atoms with Crippen molar-refractivity contribution in [3.05, 3.63) is 77.9 Å². The molecular formula is C22H23N3O4S. The minimum atomic E-state index is -3.63. The van der Waals surface area contributed by atoms with Gasteiger partial charge in [0.15, 0.2) is 0 Å². The normalized spacial score (nSPS) is 11.3. The van der Waals surface area contributed by atoms with Gasteiger partial charge < -0.3 is 9.47 Å². The smallest absolute Gasteiger partial charge is 0.261 e. The van der Waals surface area contributed by atoms with Crippen molar-refractivity contribution in [1.29, 1.82) is 0 Å². The van der Waals surface area contributed by atoms with Gasteiger partial charge in [-0.15, -0.1) is 0 Å². The van der Waals surface area contributed by atoms with E-state index in [1.54, 1.807) is 75.0 Å². The molecule has 0 aliphatic rings. The van der Waals surface area contributed by atoms with Crippen molar-refractivity contribution in [2.45, 2.75) is 11.8 Å². The van der Waals surface area contributed by atoms with Crippen LogP contribution in [0.25, 0.3) is 0 Å². The Bertz CT molecular complexity index is 1130. The second kappa shape index (κ2) is 9.32. The average Bonchev–Trinajstić information content (AvgIpc) is 2.75. The van der Waals surface area contributed by atoms with E-state index in [0.29, 0.717) is 22.9 Å². The van der Waals surface area contributed by atoms with Crippen molar-refractivity contribution < 1.29 is 17.9 Å².